The SMILES string of the molecule is CCN(CC(C)(C)O)C(=O)NC1CCc2ccc(F)cc21. The molecule has 0 radical (unpaired) electrons. The van der Waals surface area contributed by atoms with Crippen LogP contribution in [0, 0.1) is 5.82 Å². The van der Waals surface area contributed by atoms with Crippen molar-refractivity contribution in [1.82, 2.24) is 10.2 Å². The Kier molecular flexibility index (Phi) is 4.52. The number of carbonyl (C=O) groups excluding carboxylic acids is 1. The number of urea groups is 1. The minimum absolute atomic E-state index is 0.154. The van der Waals surface area contributed by atoms with Crippen LogP contribution in [0.3, 0.4) is 0 Å². The molecule has 0 fully saturated rings. The van der Waals surface area contributed by atoms with Gasteiger partial charge in [0.15, 0.2) is 0 Å². The molecule has 0 aliphatic heterocycles. The fourth-order valence-corrected chi connectivity index (χ4v) is 2.76. The highest BCUT2D eigenvalue weighted by molar-refractivity contribution is 5.75. The third kappa shape index (κ3) is 3.94. The van der Waals surface area contributed by atoms with E-state index in [0.717, 1.165) is 24.0 Å². The first-order valence-electron chi connectivity index (χ1n) is 7.36. The fraction of sp³-hybridized carbons (Fsp3) is 0.562. The van der Waals surface area contributed by atoms with Crippen LogP contribution in [0.15, 0.2) is 18.2 Å². The monoisotopic (exact) mass is 294 g/mol. The number of likely N-dealkylation sites (N-methyl/N-ethyl adjacent to an activating group) is 1. The van der Waals surface area contributed by atoms with E-state index in [4.69, 9.17) is 0 Å². The lowest BCUT2D eigenvalue weighted by Gasteiger charge is -2.29. The lowest BCUT2D eigenvalue weighted by atomic mass is 10.1. The summed E-state index contributed by atoms with van der Waals surface area (Å²) in [5.41, 5.74) is 1.02. The molecule has 1 aromatic carbocycles. The van der Waals surface area contributed by atoms with E-state index in [1.807, 2.05) is 6.92 Å². The molecule has 1 atom stereocenters. The zero-order chi connectivity index (χ0) is 15.6. The van der Waals surface area contributed by atoms with Gasteiger partial charge in [0.2, 0.25) is 0 Å². The molecule has 0 saturated heterocycles. The highest BCUT2D eigenvalue weighted by atomic mass is 19.1. The minimum atomic E-state index is -0.937. The maximum Gasteiger partial charge on any atom is 0.317 e. The summed E-state index contributed by atoms with van der Waals surface area (Å²) in [4.78, 5) is 13.9. The Hall–Kier alpha value is -1.62. The second-order valence-corrected chi connectivity index (χ2v) is 6.21. The van der Waals surface area contributed by atoms with Crippen LogP contribution in [0.1, 0.15) is 44.4 Å². The predicted octanol–water partition coefficient (Wildman–Crippen LogP) is 2.62. The molecule has 5 heteroatoms. The second-order valence-electron chi connectivity index (χ2n) is 6.21. The Morgan fingerprint density at radius 2 is 2.24 bits per heavy atom. The number of nitrogens with zero attached hydrogens (tertiary/aromatic N) is 1. The van der Waals surface area contributed by atoms with Crippen LogP contribution in [0.5, 0.6) is 0 Å². The molecule has 0 heterocycles. The Labute approximate surface area is 125 Å². The molecule has 2 N–H and O–H groups in total. The lowest BCUT2D eigenvalue weighted by Crippen LogP contribution is -2.47. The quantitative estimate of drug-likeness (QED) is 0.897. The van der Waals surface area contributed by atoms with Crippen molar-refractivity contribution in [2.45, 2.75) is 45.3 Å². The van der Waals surface area contributed by atoms with Crippen LogP contribution in [0.2, 0.25) is 0 Å². The predicted molar refractivity (Wildman–Crippen MR) is 79.5 cm³/mol. The highest BCUT2D eigenvalue weighted by Crippen LogP contribution is 2.31. The van der Waals surface area contributed by atoms with Crippen LogP contribution in [-0.2, 0) is 6.42 Å². The molecule has 0 saturated carbocycles. The number of fused-ring (bicyclic) bond motifs is 1. The zero-order valence-corrected chi connectivity index (χ0v) is 12.8. The van der Waals surface area contributed by atoms with Crippen LogP contribution >= 0.6 is 0 Å². The van der Waals surface area contributed by atoms with E-state index in [9.17, 15) is 14.3 Å². The lowest BCUT2D eigenvalue weighted by molar-refractivity contribution is 0.0475. The molecule has 1 aliphatic rings. The number of amides is 2. The molecular weight excluding hydrogens is 271 g/mol. The molecule has 0 bridgehead atoms. The van der Waals surface area contributed by atoms with Crippen molar-refractivity contribution >= 4 is 6.03 Å². The summed E-state index contributed by atoms with van der Waals surface area (Å²) in [5, 5.41) is 12.8. The summed E-state index contributed by atoms with van der Waals surface area (Å²) in [6.45, 7) is 5.98. The first kappa shape index (κ1) is 15.8. The third-order valence-electron chi connectivity index (χ3n) is 3.73. The standard InChI is InChI=1S/C16H23FN2O2/c1-4-19(10-16(2,3)21)15(20)18-14-8-6-11-5-7-12(17)9-13(11)14/h5,7,9,14,21H,4,6,8,10H2,1-3H3,(H,18,20). The molecule has 4 nitrogen and oxygen atoms in total. The summed E-state index contributed by atoms with van der Waals surface area (Å²) in [6.07, 6.45) is 1.63. The maximum atomic E-state index is 13.4. The fourth-order valence-electron chi connectivity index (χ4n) is 2.76. The van der Waals surface area contributed by atoms with Crippen molar-refractivity contribution in [2.24, 2.45) is 0 Å². The summed E-state index contributed by atoms with van der Waals surface area (Å²) < 4.78 is 13.4. The van der Waals surface area contributed by atoms with Crippen LogP contribution in [-0.4, -0.2) is 34.7 Å². The average Bonchev–Trinajstić information content (AvgIpc) is 2.77. The number of rotatable bonds is 4. The summed E-state index contributed by atoms with van der Waals surface area (Å²) in [6, 6.07) is 4.36. The normalized spacial score (nSPS) is 17.5. The van der Waals surface area contributed by atoms with E-state index in [1.54, 1.807) is 24.8 Å². The zero-order valence-electron chi connectivity index (χ0n) is 12.8. The number of nitrogens with one attached hydrogen (secondary N) is 1. The number of aliphatic hydroxyl groups is 1. The van der Waals surface area contributed by atoms with Gasteiger partial charge in [0.05, 0.1) is 18.2 Å². The van der Waals surface area contributed by atoms with Crippen molar-refractivity contribution in [3.8, 4) is 0 Å². The van der Waals surface area contributed by atoms with Crippen LogP contribution in [0.4, 0.5) is 9.18 Å². The molecule has 21 heavy (non-hydrogen) atoms. The van der Waals surface area contributed by atoms with Gasteiger partial charge in [-0.25, -0.2) is 9.18 Å². The average molecular weight is 294 g/mol. The van der Waals surface area contributed by atoms with E-state index >= 15 is 0 Å². The Morgan fingerprint density at radius 3 is 2.86 bits per heavy atom. The van der Waals surface area contributed by atoms with Gasteiger partial charge >= 0.3 is 6.03 Å². The van der Waals surface area contributed by atoms with Gasteiger partial charge in [-0.3, -0.25) is 0 Å². The number of hydrogen-bond acceptors (Lipinski definition) is 2. The van der Waals surface area contributed by atoms with Crippen molar-refractivity contribution in [1.29, 1.82) is 0 Å². The summed E-state index contributed by atoms with van der Waals surface area (Å²) >= 11 is 0. The summed E-state index contributed by atoms with van der Waals surface area (Å²) in [7, 11) is 0. The van der Waals surface area contributed by atoms with Gasteiger partial charge in [-0.15, -0.1) is 0 Å². The Balaban J connectivity index is 2.06. The second kappa shape index (κ2) is 6.02. The van der Waals surface area contributed by atoms with Crippen molar-refractivity contribution < 1.29 is 14.3 Å². The molecule has 1 aliphatic carbocycles. The Bertz CT molecular complexity index is 525. The number of halogens is 1. The number of hydrogen-bond donors (Lipinski definition) is 2. The summed E-state index contributed by atoms with van der Waals surface area (Å²) in [5.74, 6) is -0.279. The number of carbonyl (C=O) groups is 1. The van der Waals surface area contributed by atoms with E-state index in [1.165, 1.54) is 12.1 Å². The van der Waals surface area contributed by atoms with Crippen molar-refractivity contribution in [3.63, 3.8) is 0 Å². The Morgan fingerprint density at radius 1 is 1.52 bits per heavy atom. The van der Waals surface area contributed by atoms with Gasteiger partial charge in [-0.05, 0) is 56.9 Å². The third-order valence-corrected chi connectivity index (χ3v) is 3.73. The van der Waals surface area contributed by atoms with Gasteiger partial charge in [0, 0.05) is 6.54 Å². The first-order valence-corrected chi connectivity index (χ1v) is 7.36. The molecule has 116 valence electrons. The van der Waals surface area contributed by atoms with Crippen molar-refractivity contribution in [2.75, 3.05) is 13.1 Å². The van der Waals surface area contributed by atoms with Crippen molar-refractivity contribution in [3.05, 3.63) is 35.1 Å². The van der Waals surface area contributed by atoms with Crippen LogP contribution in [0.25, 0.3) is 0 Å². The smallest absolute Gasteiger partial charge is 0.317 e. The molecular formula is C16H23FN2O2. The number of aryl methyl sites for hydroxylation is 1. The molecule has 0 spiro atoms. The first-order chi connectivity index (χ1) is 9.80. The highest BCUT2D eigenvalue weighted by Gasteiger charge is 2.27. The van der Waals surface area contributed by atoms with Crippen LogP contribution < -0.4 is 5.32 Å². The molecule has 1 aromatic rings. The van der Waals surface area contributed by atoms with Gasteiger partial charge in [0.25, 0.3) is 0 Å². The van der Waals surface area contributed by atoms with E-state index in [2.05, 4.69) is 5.32 Å². The van der Waals surface area contributed by atoms with E-state index in [-0.39, 0.29) is 24.4 Å². The molecule has 2 rings (SSSR count). The van der Waals surface area contributed by atoms with E-state index < -0.39 is 5.60 Å². The van der Waals surface area contributed by atoms with Gasteiger partial charge in [-0.2, -0.15) is 0 Å². The van der Waals surface area contributed by atoms with Gasteiger partial charge < -0.3 is 15.3 Å². The molecule has 2 amide bonds. The minimum Gasteiger partial charge on any atom is -0.389 e. The van der Waals surface area contributed by atoms with Gasteiger partial charge in [0.1, 0.15) is 5.82 Å². The van der Waals surface area contributed by atoms with E-state index in [0.29, 0.717) is 6.54 Å². The molecule has 0 aromatic heterocycles. The topological polar surface area (TPSA) is 52.6 Å². The van der Waals surface area contributed by atoms with Gasteiger partial charge in [-0.1, -0.05) is 6.07 Å². The maximum absolute atomic E-state index is 13.4. The molecule has 1 unspecified atom stereocenters. The largest absolute Gasteiger partial charge is 0.389 e. The number of benzene rings is 1.